The van der Waals surface area contributed by atoms with E-state index in [2.05, 4.69) is 10.3 Å². The SMILES string of the molecule is CCOC(=O)c1c[nH]c(Nc2ccccc2)c1. The Labute approximate surface area is 99.6 Å². The monoisotopic (exact) mass is 230 g/mol. The van der Waals surface area contributed by atoms with E-state index in [0.717, 1.165) is 11.5 Å². The molecule has 0 amide bonds. The first-order valence-electron chi connectivity index (χ1n) is 5.47. The van der Waals surface area contributed by atoms with Crippen LogP contribution in [0, 0.1) is 0 Å². The number of aromatic nitrogens is 1. The molecule has 0 bridgehead atoms. The summed E-state index contributed by atoms with van der Waals surface area (Å²) < 4.78 is 4.90. The molecule has 88 valence electrons. The van der Waals surface area contributed by atoms with E-state index in [0.29, 0.717) is 12.2 Å². The lowest BCUT2D eigenvalue weighted by atomic mass is 10.3. The topological polar surface area (TPSA) is 54.1 Å². The molecule has 2 N–H and O–H groups in total. The number of esters is 1. The number of aromatic amines is 1. The Kier molecular flexibility index (Phi) is 3.45. The van der Waals surface area contributed by atoms with Crippen molar-refractivity contribution in [1.82, 2.24) is 4.98 Å². The number of hydrogen-bond acceptors (Lipinski definition) is 3. The first kappa shape index (κ1) is 11.3. The molecule has 2 rings (SSSR count). The second-order valence-corrected chi connectivity index (χ2v) is 3.51. The Balaban J connectivity index is 2.06. The smallest absolute Gasteiger partial charge is 0.339 e. The number of ether oxygens (including phenoxy) is 1. The number of carbonyl (C=O) groups excluding carboxylic acids is 1. The maximum atomic E-state index is 11.4. The summed E-state index contributed by atoms with van der Waals surface area (Å²) >= 11 is 0. The maximum Gasteiger partial charge on any atom is 0.339 e. The van der Waals surface area contributed by atoms with Crippen LogP contribution in [0.15, 0.2) is 42.6 Å². The molecule has 0 unspecified atom stereocenters. The van der Waals surface area contributed by atoms with Gasteiger partial charge in [-0.2, -0.15) is 0 Å². The summed E-state index contributed by atoms with van der Waals surface area (Å²) in [6.07, 6.45) is 1.63. The number of nitrogens with one attached hydrogen (secondary N) is 2. The first-order chi connectivity index (χ1) is 8.29. The molecule has 2 aromatic rings. The molecule has 0 aliphatic heterocycles. The summed E-state index contributed by atoms with van der Waals surface area (Å²) in [5.74, 6) is 0.448. The average molecular weight is 230 g/mol. The van der Waals surface area contributed by atoms with Crippen LogP contribution in [0.25, 0.3) is 0 Å². The number of anilines is 2. The molecular formula is C13H14N2O2. The van der Waals surface area contributed by atoms with Crippen LogP contribution in [0.2, 0.25) is 0 Å². The van der Waals surface area contributed by atoms with Crippen LogP contribution >= 0.6 is 0 Å². The Bertz CT molecular complexity index is 491. The minimum atomic E-state index is -0.315. The van der Waals surface area contributed by atoms with Gasteiger partial charge < -0.3 is 15.0 Å². The molecule has 0 saturated heterocycles. The highest BCUT2D eigenvalue weighted by Gasteiger charge is 2.08. The van der Waals surface area contributed by atoms with Crippen LogP contribution in [-0.2, 0) is 4.74 Å². The predicted octanol–water partition coefficient (Wildman–Crippen LogP) is 2.94. The van der Waals surface area contributed by atoms with Gasteiger partial charge in [0.25, 0.3) is 0 Å². The van der Waals surface area contributed by atoms with E-state index in [1.165, 1.54) is 0 Å². The molecule has 0 fully saturated rings. The summed E-state index contributed by atoms with van der Waals surface area (Å²) in [7, 11) is 0. The van der Waals surface area contributed by atoms with Crippen LogP contribution in [0.3, 0.4) is 0 Å². The quantitative estimate of drug-likeness (QED) is 0.794. The number of benzene rings is 1. The van der Waals surface area contributed by atoms with E-state index >= 15 is 0 Å². The third-order valence-electron chi connectivity index (χ3n) is 2.25. The van der Waals surface area contributed by atoms with Crippen LogP contribution in [0.4, 0.5) is 11.5 Å². The lowest BCUT2D eigenvalue weighted by Gasteiger charge is -2.02. The molecular weight excluding hydrogens is 216 g/mol. The summed E-state index contributed by atoms with van der Waals surface area (Å²) in [5, 5.41) is 3.16. The van der Waals surface area contributed by atoms with Gasteiger partial charge in [-0.05, 0) is 25.1 Å². The van der Waals surface area contributed by atoms with Crippen LogP contribution in [-0.4, -0.2) is 17.6 Å². The highest BCUT2D eigenvalue weighted by Crippen LogP contribution is 2.16. The molecule has 0 atom stereocenters. The largest absolute Gasteiger partial charge is 0.462 e. The van der Waals surface area contributed by atoms with Crippen molar-refractivity contribution in [2.75, 3.05) is 11.9 Å². The molecule has 0 radical (unpaired) electrons. The summed E-state index contributed by atoms with van der Waals surface area (Å²) in [6.45, 7) is 2.17. The second kappa shape index (κ2) is 5.21. The lowest BCUT2D eigenvalue weighted by molar-refractivity contribution is 0.0526. The fourth-order valence-electron chi connectivity index (χ4n) is 1.48. The maximum absolute atomic E-state index is 11.4. The molecule has 1 aromatic carbocycles. The second-order valence-electron chi connectivity index (χ2n) is 3.51. The van der Waals surface area contributed by atoms with Crippen molar-refractivity contribution in [2.24, 2.45) is 0 Å². The van der Waals surface area contributed by atoms with Crippen molar-refractivity contribution < 1.29 is 9.53 Å². The highest BCUT2D eigenvalue weighted by atomic mass is 16.5. The van der Waals surface area contributed by atoms with Gasteiger partial charge in [-0.3, -0.25) is 0 Å². The Morgan fingerprint density at radius 2 is 2.12 bits per heavy atom. The molecule has 0 saturated carbocycles. The molecule has 0 aliphatic rings. The van der Waals surface area contributed by atoms with E-state index in [-0.39, 0.29) is 5.97 Å². The number of para-hydroxylation sites is 1. The van der Waals surface area contributed by atoms with Gasteiger partial charge in [-0.25, -0.2) is 4.79 Å². The van der Waals surface area contributed by atoms with Crippen molar-refractivity contribution >= 4 is 17.5 Å². The van der Waals surface area contributed by atoms with Gasteiger partial charge >= 0.3 is 5.97 Å². The zero-order valence-corrected chi connectivity index (χ0v) is 9.57. The van der Waals surface area contributed by atoms with Crippen molar-refractivity contribution in [3.63, 3.8) is 0 Å². The molecule has 17 heavy (non-hydrogen) atoms. The minimum Gasteiger partial charge on any atom is -0.462 e. The van der Waals surface area contributed by atoms with E-state index in [1.807, 2.05) is 30.3 Å². The summed E-state index contributed by atoms with van der Waals surface area (Å²) in [6, 6.07) is 11.5. The Hall–Kier alpha value is -2.23. The fraction of sp³-hybridized carbons (Fsp3) is 0.154. The van der Waals surface area contributed by atoms with E-state index in [4.69, 9.17) is 4.74 Å². The van der Waals surface area contributed by atoms with Gasteiger partial charge in [0, 0.05) is 11.9 Å². The van der Waals surface area contributed by atoms with Gasteiger partial charge in [-0.15, -0.1) is 0 Å². The number of hydrogen-bond donors (Lipinski definition) is 2. The normalized spacial score (nSPS) is 9.94. The average Bonchev–Trinajstić information content (AvgIpc) is 2.79. The molecule has 1 aromatic heterocycles. The van der Waals surface area contributed by atoms with E-state index in [9.17, 15) is 4.79 Å². The number of H-pyrrole nitrogens is 1. The van der Waals surface area contributed by atoms with Gasteiger partial charge in [0.2, 0.25) is 0 Å². The molecule has 0 aliphatic carbocycles. The lowest BCUT2D eigenvalue weighted by Crippen LogP contribution is -2.02. The molecule has 1 heterocycles. The summed E-state index contributed by atoms with van der Waals surface area (Å²) in [4.78, 5) is 14.4. The fourth-order valence-corrected chi connectivity index (χ4v) is 1.48. The van der Waals surface area contributed by atoms with Crippen LogP contribution in [0.1, 0.15) is 17.3 Å². The predicted molar refractivity (Wildman–Crippen MR) is 66.5 cm³/mol. The van der Waals surface area contributed by atoms with E-state index in [1.54, 1.807) is 19.2 Å². The Morgan fingerprint density at radius 1 is 1.35 bits per heavy atom. The van der Waals surface area contributed by atoms with E-state index < -0.39 is 0 Å². The number of carbonyl (C=O) groups is 1. The van der Waals surface area contributed by atoms with Gasteiger partial charge in [0.05, 0.1) is 12.2 Å². The number of rotatable bonds is 4. The Morgan fingerprint density at radius 3 is 2.82 bits per heavy atom. The van der Waals surface area contributed by atoms with Crippen LogP contribution < -0.4 is 5.32 Å². The van der Waals surface area contributed by atoms with Crippen LogP contribution in [0.5, 0.6) is 0 Å². The summed E-state index contributed by atoms with van der Waals surface area (Å²) in [5.41, 5.74) is 1.48. The highest BCUT2D eigenvalue weighted by molar-refractivity contribution is 5.90. The minimum absolute atomic E-state index is 0.315. The third-order valence-corrected chi connectivity index (χ3v) is 2.25. The van der Waals surface area contributed by atoms with Crippen molar-refractivity contribution in [2.45, 2.75) is 6.92 Å². The molecule has 4 heteroatoms. The van der Waals surface area contributed by atoms with Gasteiger partial charge in [0.15, 0.2) is 0 Å². The zero-order valence-electron chi connectivity index (χ0n) is 9.57. The van der Waals surface area contributed by atoms with Gasteiger partial charge in [-0.1, -0.05) is 18.2 Å². The molecule has 4 nitrogen and oxygen atoms in total. The third kappa shape index (κ3) is 2.87. The first-order valence-corrected chi connectivity index (χ1v) is 5.47. The molecule has 0 spiro atoms. The standard InChI is InChI=1S/C13H14N2O2/c1-2-17-13(16)10-8-12(14-9-10)15-11-6-4-3-5-7-11/h3-9,14-15H,2H2,1H3. The van der Waals surface area contributed by atoms with Crippen molar-refractivity contribution in [3.8, 4) is 0 Å². The van der Waals surface area contributed by atoms with Gasteiger partial charge in [0.1, 0.15) is 5.82 Å². The van der Waals surface area contributed by atoms with Crippen molar-refractivity contribution in [1.29, 1.82) is 0 Å². The van der Waals surface area contributed by atoms with Crippen molar-refractivity contribution in [3.05, 3.63) is 48.2 Å². The zero-order chi connectivity index (χ0) is 12.1.